The molecule has 0 bridgehead atoms. The van der Waals surface area contributed by atoms with Gasteiger partial charge in [0.25, 0.3) is 0 Å². The maximum atomic E-state index is 9.41. The van der Waals surface area contributed by atoms with E-state index in [0.717, 1.165) is 0 Å². The van der Waals surface area contributed by atoms with Gasteiger partial charge in [-0.2, -0.15) is 0 Å². The quantitative estimate of drug-likeness (QED) is 0.611. The fourth-order valence-corrected chi connectivity index (χ4v) is 1.39. The standard InChI is InChI=1S/C9H11BO2/c11-9-5-7(6-1-2-6)3-4-8(9)10-12/h3-6,10-12H,1-2H2. The molecule has 1 fully saturated rings. The fourth-order valence-electron chi connectivity index (χ4n) is 1.39. The maximum absolute atomic E-state index is 9.41. The van der Waals surface area contributed by atoms with Crippen molar-refractivity contribution in [3.8, 4) is 5.75 Å². The van der Waals surface area contributed by atoms with Crippen LogP contribution in [0.4, 0.5) is 0 Å². The third kappa shape index (κ3) is 1.32. The number of hydrogen-bond donors (Lipinski definition) is 2. The Morgan fingerprint density at radius 2 is 2.08 bits per heavy atom. The summed E-state index contributed by atoms with van der Waals surface area (Å²) in [4.78, 5) is 0. The monoisotopic (exact) mass is 162 g/mol. The van der Waals surface area contributed by atoms with E-state index in [1.54, 1.807) is 12.1 Å². The number of phenolic OH excluding ortho intramolecular Hbond substituents is 1. The van der Waals surface area contributed by atoms with Crippen LogP contribution >= 0.6 is 0 Å². The lowest BCUT2D eigenvalue weighted by Gasteiger charge is -2.02. The first-order valence-electron chi connectivity index (χ1n) is 4.24. The summed E-state index contributed by atoms with van der Waals surface area (Å²) in [5, 5.41) is 18.2. The SMILES string of the molecule is OBc1ccc(C2CC2)cc1O. The van der Waals surface area contributed by atoms with Crippen molar-refractivity contribution in [1.29, 1.82) is 0 Å². The highest BCUT2D eigenvalue weighted by Gasteiger charge is 2.23. The molecule has 12 heavy (non-hydrogen) atoms. The van der Waals surface area contributed by atoms with Crippen molar-refractivity contribution in [2.24, 2.45) is 0 Å². The summed E-state index contributed by atoms with van der Waals surface area (Å²) in [5.41, 5.74) is 1.81. The number of hydrogen-bond acceptors (Lipinski definition) is 2. The van der Waals surface area contributed by atoms with Crippen LogP contribution in [0.2, 0.25) is 0 Å². The van der Waals surface area contributed by atoms with Crippen LogP contribution in [0.5, 0.6) is 5.75 Å². The van der Waals surface area contributed by atoms with Gasteiger partial charge in [0.2, 0.25) is 0 Å². The van der Waals surface area contributed by atoms with Gasteiger partial charge in [0.1, 0.15) is 5.75 Å². The molecule has 1 saturated carbocycles. The minimum atomic E-state index is -0.0865. The third-order valence-electron chi connectivity index (χ3n) is 2.33. The van der Waals surface area contributed by atoms with E-state index in [2.05, 4.69) is 0 Å². The average molecular weight is 162 g/mol. The lowest BCUT2D eigenvalue weighted by Crippen LogP contribution is -2.13. The van der Waals surface area contributed by atoms with Crippen molar-refractivity contribution in [2.45, 2.75) is 18.8 Å². The Morgan fingerprint density at radius 3 is 2.58 bits per heavy atom. The molecular weight excluding hydrogens is 151 g/mol. The molecule has 62 valence electrons. The highest BCUT2D eigenvalue weighted by molar-refractivity contribution is 6.46. The second kappa shape index (κ2) is 2.83. The van der Waals surface area contributed by atoms with Gasteiger partial charge in [-0.3, -0.25) is 0 Å². The van der Waals surface area contributed by atoms with Crippen LogP contribution in [0.25, 0.3) is 0 Å². The van der Waals surface area contributed by atoms with E-state index in [1.807, 2.05) is 6.07 Å². The Morgan fingerprint density at radius 1 is 1.33 bits per heavy atom. The van der Waals surface area contributed by atoms with Crippen LogP contribution in [-0.2, 0) is 0 Å². The van der Waals surface area contributed by atoms with Gasteiger partial charge in [-0.25, -0.2) is 0 Å². The van der Waals surface area contributed by atoms with E-state index in [4.69, 9.17) is 5.02 Å². The second-order valence-electron chi connectivity index (χ2n) is 3.32. The first-order chi connectivity index (χ1) is 5.81. The van der Waals surface area contributed by atoms with Gasteiger partial charge >= 0.3 is 7.48 Å². The zero-order chi connectivity index (χ0) is 8.55. The number of benzene rings is 1. The lowest BCUT2D eigenvalue weighted by atomic mass is 9.87. The molecule has 0 aromatic heterocycles. The van der Waals surface area contributed by atoms with Crippen LogP contribution in [0.1, 0.15) is 24.3 Å². The molecule has 1 aromatic carbocycles. The molecule has 0 saturated heterocycles. The van der Waals surface area contributed by atoms with E-state index in [-0.39, 0.29) is 13.2 Å². The first-order valence-corrected chi connectivity index (χ1v) is 4.24. The van der Waals surface area contributed by atoms with E-state index >= 15 is 0 Å². The van der Waals surface area contributed by atoms with Crippen molar-refractivity contribution >= 4 is 12.9 Å². The summed E-state index contributed by atoms with van der Waals surface area (Å²) >= 11 is 0. The van der Waals surface area contributed by atoms with E-state index < -0.39 is 0 Å². The summed E-state index contributed by atoms with van der Waals surface area (Å²) in [5.74, 6) is 0.880. The molecule has 0 unspecified atom stereocenters. The molecule has 0 radical (unpaired) electrons. The highest BCUT2D eigenvalue weighted by atomic mass is 16.3. The zero-order valence-corrected chi connectivity index (χ0v) is 6.83. The molecule has 0 spiro atoms. The lowest BCUT2D eigenvalue weighted by molar-refractivity contribution is 0.477. The fraction of sp³-hybridized carbons (Fsp3) is 0.333. The van der Waals surface area contributed by atoms with Gasteiger partial charge in [-0.05, 0) is 35.9 Å². The summed E-state index contributed by atoms with van der Waals surface area (Å²) in [6, 6.07) is 5.55. The van der Waals surface area contributed by atoms with Crippen molar-refractivity contribution in [2.75, 3.05) is 0 Å². The number of phenols is 1. The summed E-state index contributed by atoms with van der Waals surface area (Å²) < 4.78 is 0. The first kappa shape index (κ1) is 7.68. The predicted molar refractivity (Wildman–Crippen MR) is 49.1 cm³/mol. The Bertz CT molecular complexity index is 295. The number of rotatable bonds is 2. The van der Waals surface area contributed by atoms with Gasteiger partial charge in [0, 0.05) is 0 Å². The molecule has 1 aromatic rings. The molecule has 0 atom stereocenters. The van der Waals surface area contributed by atoms with Gasteiger partial charge < -0.3 is 10.1 Å². The third-order valence-corrected chi connectivity index (χ3v) is 2.33. The van der Waals surface area contributed by atoms with Crippen molar-refractivity contribution < 1.29 is 10.1 Å². The van der Waals surface area contributed by atoms with Crippen molar-refractivity contribution in [3.05, 3.63) is 23.8 Å². The molecule has 2 nitrogen and oxygen atoms in total. The van der Waals surface area contributed by atoms with Gasteiger partial charge in [0.05, 0.1) is 0 Å². The number of aromatic hydroxyl groups is 1. The Balaban J connectivity index is 2.30. The normalized spacial score (nSPS) is 16.1. The van der Waals surface area contributed by atoms with E-state index in [9.17, 15) is 5.11 Å². The van der Waals surface area contributed by atoms with Crippen LogP contribution in [0.15, 0.2) is 18.2 Å². The average Bonchev–Trinajstić information content (AvgIpc) is 2.86. The molecule has 0 aliphatic heterocycles. The smallest absolute Gasteiger partial charge is 0.308 e. The molecule has 1 aliphatic carbocycles. The Labute approximate surface area is 72.1 Å². The van der Waals surface area contributed by atoms with Gasteiger partial charge in [-0.15, -0.1) is 0 Å². The molecule has 2 N–H and O–H groups in total. The molecule has 3 heteroatoms. The summed E-state index contributed by atoms with van der Waals surface area (Å²) in [6.07, 6.45) is 2.47. The van der Waals surface area contributed by atoms with Crippen LogP contribution in [-0.4, -0.2) is 17.6 Å². The van der Waals surface area contributed by atoms with Crippen LogP contribution in [0, 0.1) is 0 Å². The van der Waals surface area contributed by atoms with E-state index in [1.165, 1.54) is 18.4 Å². The summed E-state index contributed by atoms with van der Waals surface area (Å²) in [7, 11) is -0.0865. The van der Waals surface area contributed by atoms with Crippen molar-refractivity contribution in [1.82, 2.24) is 0 Å². The Hall–Kier alpha value is -0.955. The van der Waals surface area contributed by atoms with Crippen molar-refractivity contribution in [3.63, 3.8) is 0 Å². The Kier molecular flexibility index (Phi) is 1.81. The molecule has 1 aliphatic rings. The van der Waals surface area contributed by atoms with Gasteiger partial charge in [-0.1, -0.05) is 12.1 Å². The molecule has 0 heterocycles. The maximum Gasteiger partial charge on any atom is 0.308 e. The molecule has 0 amide bonds. The van der Waals surface area contributed by atoms with Gasteiger partial charge in [0.15, 0.2) is 0 Å². The molecular formula is C9H11BO2. The largest absolute Gasteiger partial charge is 0.508 e. The summed E-state index contributed by atoms with van der Waals surface area (Å²) in [6.45, 7) is 0. The second-order valence-corrected chi connectivity index (χ2v) is 3.32. The highest BCUT2D eigenvalue weighted by Crippen LogP contribution is 2.40. The van der Waals surface area contributed by atoms with Crippen LogP contribution in [0.3, 0.4) is 0 Å². The van der Waals surface area contributed by atoms with E-state index in [0.29, 0.717) is 11.4 Å². The topological polar surface area (TPSA) is 40.5 Å². The zero-order valence-electron chi connectivity index (χ0n) is 6.83. The minimum Gasteiger partial charge on any atom is -0.508 e. The predicted octanol–water partition coefficient (Wildman–Crippen LogP) is 0.239. The minimum absolute atomic E-state index is 0.0865. The van der Waals surface area contributed by atoms with Crippen LogP contribution < -0.4 is 5.46 Å². The molecule has 2 rings (SSSR count).